The molecule has 0 aromatic rings. The van der Waals surface area contributed by atoms with Crippen molar-refractivity contribution in [1.29, 1.82) is 0 Å². The highest BCUT2D eigenvalue weighted by atomic mass is 16.4. The van der Waals surface area contributed by atoms with Gasteiger partial charge < -0.3 is 10.2 Å². The molecule has 2 N–H and O–H groups in total. The SMILES string of the molecule is C[C@]1(C(=O)O)CCC[C@]2(C)C(=O)C(CO)=CC[C@@H]12. The molecule has 2 aliphatic carbocycles. The fourth-order valence-corrected chi connectivity index (χ4v) is 3.78. The maximum absolute atomic E-state index is 12.4. The third kappa shape index (κ3) is 1.62. The summed E-state index contributed by atoms with van der Waals surface area (Å²) in [5.41, 5.74) is -1.01. The van der Waals surface area contributed by atoms with Crippen LogP contribution in [0.4, 0.5) is 0 Å². The average molecular weight is 252 g/mol. The number of Topliss-reactive ketones (excluding diaryl/α,β-unsaturated/α-hetero) is 1. The first-order valence-corrected chi connectivity index (χ1v) is 6.44. The van der Waals surface area contributed by atoms with E-state index < -0.39 is 16.8 Å². The standard InChI is InChI=1S/C14H20O4/c1-13-6-3-7-14(2,12(17)18)10(13)5-4-9(8-15)11(13)16/h4,10,15H,3,5-8H2,1-2H3,(H,17,18)/t10-,13+,14+/m1/s1. The molecule has 0 bridgehead atoms. The molecule has 0 radical (unpaired) electrons. The summed E-state index contributed by atoms with van der Waals surface area (Å²) in [4.78, 5) is 24.0. The summed E-state index contributed by atoms with van der Waals surface area (Å²) in [7, 11) is 0. The van der Waals surface area contributed by atoms with Crippen LogP contribution in [0, 0.1) is 16.7 Å². The van der Waals surface area contributed by atoms with Crippen LogP contribution in [0.5, 0.6) is 0 Å². The second-order valence-electron chi connectivity index (χ2n) is 6.00. The van der Waals surface area contributed by atoms with Gasteiger partial charge in [0.1, 0.15) is 0 Å². The van der Waals surface area contributed by atoms with Crippen molar-refractivity contribution in [2.45, 2.75) is 39.5 Å². The van der Waals surface area contributed by atoms with Crippen LogP contribution in [0.3, 0.4) is 0 Å². The zero-order chi connectivity index (χ0) is 13.6. The van der Waals surface area contributed by atoms with E-state index in [1.165, 1.54) is 0 Å². The first-order chi connectivity index (χ1) is 8.36. The van der Waals surface area contributed by atoms with Gasteiger partial charge in [-0.05, 0) is 32.1 Å². The van der Waals surface area contributed by atoms with Crippen LogP contribution in [-0.4, -0.2) is 28.6 Å². The number of hydrogen-bond donors (Lipinski definition) is 2. The number of allylic oxidation sites excluding steroid dienone is 1. The maximum Gasteiger partial charge on any atom is 0.309 e. The van der Waals surface area contributed by atoms with E-state index in [2.05, 4.69) is 0 Å². The number of aliphatic hydroxyl groups excluding tert-OH is 1. The zero-order valence-electron chi connectivity index (χ0n) is 10.9. The summed E-state index contributed by atoms with van der Waals surface area (Å²) in [6.07, 6.45) is 4.39. The van der Waals surface area contributed by atoms with Crippen LogP contribution in [0.25, 0.3) is 0 Å². The van der Waals surface area contributed by atoms with Crippen LogP contribution in [0.2, 0.25) is 0 Å². The molecular formula is C14H20O4. The molecule has 0 aliphatic heterocycles. The fraction of sp³-hybridized carbons (Fsp3) is 0.714. The lowest BCUT2D eigenvalue weighted by molar-refractivity contribution is -0.162. The van der Waals surface area contributed by atoms with Crippen molar-refractivity contribution in [2.24, 2.45) is 16.7 Å². The number of rotatable bonds is 2. The van der Waals surface area contributed by atoms with Crippen LogP contribution in [0.1, 0.15) is 39.5 Å². The van der Waals surface area contributed by atoms with E-state index in [0.29, 0.717) is 18.4 Å². The van der Waals surface area contributed by atoms with Crippen molar-refractivity contribution in [3.8, 4) is 0 Å². The number of aliphatic carboxylic acids is 1. The Morgan fingerprint density at radius 1 is 1.44 bits per heavy atom. The highest BCUT2D eigenvalue weighted by Crippen LogP contribution is 2.56. The third-order valence-corrected chi connectivity index (χ3v) is 5.00. The van der Waals surface area contributed by atoms with Crippen LogP contribution >= 0.6 is 0 Å². The van der Waals surface area contributed by atoms with Gasteiger partial charge >= 0.3 is 5.97 Å². The van der Waals surface area contributed by atoms with E-state index in [4.69, 9.17) is 0 Å². The van der Waals surface area contributed by atoms with Crippen molar-refractivity contribution in [3.05, 3.63) is 11.6 Å². The number of fused-ring (bicyclic) bond motifs is 1. The van der Waals surface area contributed by atoms with E-state index in [9.17, 15) is 19.8 Å². The molecule has 0 spiro atoms. The van der Waals surface area contributed by atoms with Gasteiger partial charge in [0.05, 0.1) is 12.0 Å². The lowest BCUT2D eigenvalue weighted by atomic mass is 9.51. The summed E-state index contributed by atoms with van der Waals surface area (Å²) < 4.78 is 0. The summed E-state index contributed by atoms with van der Waals surface area (Å²) in [5, 5.41) is 18.7. The largest absolute Gasteiger partial charge is 0.481 e. The lowest BCUT2D eigenvalue weighted by Gasteiger charge is -2.51. The number of carbonyl (C=O) groups excluding carboxylic acids is 1. The van der Waals surface area contributed by atoms with Crippen molar-refractivity contribution in [3.63, 3.8) is 0 Å². The Balaban J connectivity index is 2.46. The summed E-state index contributed by atoms with van der Waals surface area (Å²) >= 11 is 0. The van der Waals surface area contributed by atoms with Gasteiger partial charge in [-0.15, -0.1) is 0 Å². The van der Waals surface area contributed by atoms with Gasteiger partial charge in [-0.2, -0.15) is 0 Å². The van der Waals surface area contributed by atoms with Gasteiger partial charge in [0.2, 0.25) is 0 Å². The Morgan fingerprint density at radius 3 is 2.67 bits per heavy atom. The molecule has 0 heterocycles. The Hall–Kier alpha value is -1.16. The molecule has 1 saturated carbocycles. The highest BCUT2D eigenvalue weighted by Gasteiger charge is 2.57. The first kappa shape index (κ1) is 13.3. The zero-order valence-corrected chi connectivity index (χ0v) is 10.9. The number of ketones is 1. The van der Waals surface area contributed by atoms with Crippen LogP contribution in [0.15, 0.2) is 11.6 Å². The number of carbonyl (C=O) groups is 2. The Labute approximate surface area is 107 Å². The van der Waals surface area contributed by atoms with Gasteiger partial charge in [0.15, 0.2) is 5.78 Å². The van der Waals surface area contributed by atoms with E-state index in [0.717, 1.165) is 12.8 Å². The monoisotopic (exact) mass is 252 g/mol. The molecule has 4 heteroatoms. The van der Waals surface area contributed by atoms with Gasteiger partial charge in [-0.25, -0.2) is 0 Å². The maximum atomic E-state index is 12.4. The number of carboxylic acids is 1. The predicted octanol–water partition coefficient (Wildman–Crippen LogP) is 1.78. The van der Waals surface area contributed by atoms with Gasteiger partial charge in [0.25, 0.3) is 0 Å². The van der Waals surface area contributed by atoms with E-state index in [1.54, 1.807) is 13.0 Å². The van der Waals surface area contributed by atoms with E-state index in [-0.39, 0.29) is 18.3 Å². The molecule has 2 aliphatic rings. The van der Waals surface area contributed by atoms with Crippen LogP contribution in [-0.2, 0) is 9.59 Å². The fourth-order valence-electron chi connectivity index (χ4n) is 3.78. The Bertz CT molecular complexity index is 426. The van der Waals surface area contributed by atoms with Gasteiger partial charge in [-0.1, -0.05) is 19.4 Å². The normalized spacial score (nSPS) is 40.1. The molecule has 0 aromatic heterocycles. The van der Waals surface area contributed by atoms with E-state index in [1.807, 2.05) is 6.92 Å². The third-order valence-electron chi connectivity index (χ3n) is 5.00. The lowest BCUT2D eigenvalue weighted by Crippen LogP contribution is -2.53. The van der Waals surface area contributed by atoms with Crippen molar-refractivity contribution in [2.75, 3.05) is 6.61 Å². The minimum atomic E-state index is -0.833. The molecule has 4 nitrogen and oxygen atoms in total. The minimum Gasteiger partial charge on any atom is -0.481 e. The van der Waals surface area contributed by atoms with Crippen molar-refractivity contribution >= 4 is 11.8 Å². The molecule has 100 valence electrons. The van der Waals surface area contributed by atoms with Crippen LogP contribution < -0.4 is 0 Å². The Kier molecular flexibility index (Phi) is 3.09. The molecule has 2 rings (SSSR count). The molecule has 3 atom stereocenters. The summed E-state index contributed by atoms with van der Waals surface area (Å²) in [6.45, 7) is 3.37. The number of hydrogen-bond acceptors (Lipinski definition) is 3. The second kappa shape index (κ2) is 4.19. The quantitative estimate of drug-likeness (QED) is 0.785. The number of carboxylic acid groups (broad SMARTS) is 1. The first-order valence-electron chi connectivity index (χ1n) is 6.44. The highest BCUT2D eigenvalue weighted by molar-refractivity contribution is 6.01. The summed E-state index contributed by atoms with van der Waals surface area (Å²) in [5.74, 6) is -1.04. The smallest absolute Gasteiger partial charge is 0.309 e. The summed E-state index contributed by atoms with van der Waals surface area (Å²) in [6, 6.07) is 0. The average Bonchev–Trinajstić information content (AvgIpc) is 2.31. The van der Waals surface area contributed by atoms with Crippen molar-refractivity contribution in [1.82, 2.24) is 0 Å². The van der Waals surface area contributed by atoms with Gasteiger partial charge in [-0.3, -0.25) is 9.59 Å². The second-order valence-corrected chi connectivity index (χ2v) is 6.00. The molecule has 0 amide bonds. The topological polar surface area (TPSA) is 74.6 Å². The molecule has 0 aromatic carbocycles. The molecular weight excluding hydrogens is 232 g/mol. The molecule has 18 heavy (non-hydrogen) atoms. The molecule has 0 unspecified atom stereocenters. The van der Waals surface area contributed by atoms with Gasteiger partial charge in [0, 0.05) is 11.0 Å². The minimum absolute atomic E-state index is 0.0616. The molecule has 1 fully saturated rings. The van der Waals surface area contributed by atoms with Crippen molar-refractivity contribution < 1.29 is 19.8 Å². The van der Waals surface area contributed by atoms with E-state index >= 15 is 0 Å². The Morgan fingerprint density at radius 2 is 2.11 bits per heavy atom. The number of aliphatic hydroxyl groups is 1. The molecule has 0 saturated heterocycles. The predicted molar refractivity (Wildman–Crippen MR) is 66.0 cm³/mol.